The molecular formula is C58H40N2. The van der Waals surface area contributed by atoms with Gasteiger partial charge < -0.3 is 0 Å². The molecule has 0 bridgehead atoms. The standard InChI is InChI=1S/C58H40N2/c1-4-15-41(16-5-1)46-21-10-25-50(35-46)51-26-12-23-48(37-51)44-31-33-45(34-32-44)56-40-57(60-58(59-56)55-30-14-24-49(39-55)43-19-8-3-9-20-43)54-29-13-28-53(38-54)52-27-11-22-47(36-52)42-17-6-2-7-18-42/h1-40H. The summed E-state index contributed by atoms with van der Waals surface area (Å²) in [5.41, 5.74) is 18.9. The number of aromatic nitrogens is 2. The highest BCUT2D eigenvalue weighted by Crippen LogP contribution is 2.35. The summed E-state index contributed by atoms with van der Waals surface area (Å²) in [4.78, 5) is 10.5. The quantitative estimate of drug-likeness (QED) is 0.146. The van der Waals surface area contributed by atoms with E-state index in [-0.39, 0.29) is 0 Å². The van der Waals surface area contributed by atoms with Gasteiger partial charge in [-0.1, -0.05) is 206 Å². The molecule has 0 N–H and O–H groups in total. The molecule has 0 amide bonds. The van der Waals surface area contributed by atoms with Gasteiger partial charge in [-0.05, 0) is 103 Å². The van der Waals surface area contributed by atoms with Crippen LogP contribution in [0.15, 0.2) is 243 Å². The Morgan fingerprint density at radius 2 is 0.417 bits per heavy atom. The lowest BCUT2D eigenvalue weighted by Crippen LogP contribution is -1.96. The largest absolute Gasteiger partial charge is 0.228 e. The lowest BCUT2D eigenvalue weighted by atomic mass is 9.95. The Morgan fingerprint density at radius 3 is 0.817 bits per heavy atom. The first kappa shape index (κ1) is 36.4. The van der Waals surface area contributed by atoms with E-state index in [1.165, 1.54) is 38.9 Å². The van der Waals surface area contributed by atoms with Crippen molar-refractivity contribution < 1.29 is 0 Å². The van der Waals surface area contributed by atoms with Gasteiger partial charge >= 0.3 is 0 Å². The molecule has 60 heavy (non-hydrogen) atoms. The molecule has 0 aliphatic heterocycles. The Kier molecular flexibility index (Phi) is 10.0. The van der Waals surface area contributed by atoms with Crippen LogP contribution in [0.25, 0.3) is 101 Å². The van der Waals surface area contributed by atoms with Crippen LogP contribution in [-0.4, -0.2) is 9.97 Å². The van der Waals surface area contributed by atoms with Gasteiger partial charge in [-0.2, -0.15) is 0 Å². The molecule has 0 unspecified atom stereocenters. The predicted molar refractivity (Wildman–Crippen MR) is 251 cm³/mol. The van der Waals surface area contributed by atoms with Gasteiger partial charge in [-0.3, -0.25) is 0 Å². The first-order valence-corrected chi connectivity index (χ1v) is 20.4. The van der Waals surface area contributed by atoms with E-state index in [0.717, 1.165) is 55.9 Å². The second-order valence-electron chi connectivity index (χ2n) is 15.0. The highest BCUT2D eigenvalue weighted by Gasteiger charge is 2.14. The van der Waals surface area contributed by atoms with Crippen molar-refractivity contribution in [1.29, 1.82) is 0 Å². The zero-order valence-corrected chi connectivity index (χ0v) is 33.0. The average Bonchev–Trinajstić information content (AvgIpc) is 3.35. The Hall–Kier alpha value is -7.94. The predicted octanol–water partition coefficient (Wildman–Crippen LogP) is 15.5. The summed E-state index contributed by atoms with van der Waals surface area (Å²) in [7, 11) is 0. The van der Waals surface area contributed by atoms with Crippen molar-refractivity contribution >= 4 is 0 Å². The molecule has 9 aromatic carbocycles. The van der Waals surface area contributed by atoms with E-state index in [2.05, 4.69) is 237 Å². The van der Waals surface area contributed by atoms with Crippen molar-refractivity contribution in [3.63, 3.8) is 0 Å². The summed E-state index contributed by atoms with van der Waals surface area (Å²) in [6.07, 6.45) is 0. The Labute approximate surface area is 351 Å². The molecule has 0 saturated carbocycles. The van der Waals surface area contributed by atoms with Gasteiger partial charge in [-0.25, -0.2) is 9.97 Å². The minimum atomic E-state index is 0.686. The van der Waals surface area contributed by atoms with Crippen molar-refractivity contribution in [2.45, 2.75) is 0 Å². The lowest BCUT2D eigenvalue weighted by Gasteiger charge is -2.12. The lowest BCUT2D eigenvalue weighted by molar-refractivity contribution is 1.18. The first-order chi connectivity index (χ1) is 29.7. The molecule has 2 nitrogen and oxygen atoms in total. The van der Waals surface area contributed by atoms with Gasteiger partial charge in [0.1, 0.15) is 0 Å². The van der Waals surface area contributed by atoms with Gasteiger partial charge in [0, 0.05) is 16.7 Å². The maximum Gasteiger partial charge on any atom is 0.160 e. The molecular weight excluding hydrogens is 725 g/mol. The first-order valence-electron chi connectivity index (χ1n) is 20.4. The maximum atomic E-state index is 5.25. The van der Waals surface area contributed by atoms with E-state index in [1.54, 1.807) is 0 Å². The van der Waals surface area contributed by atoms with E-state index in [9.17, 15) is 0 Å². The molecule has 0 saturated heterocycles. The highest BCUT2D eigenvalue weighted by molar-refractivity contribution is 5.81. The summed E-state index contributed by atoms with van der Waals surface area (Å²) in [5.74, 6) is 0.686. The van der Waals surface area contributed by atoms with Gasteiger partial charge in [0.2, 0.25) is 0 Å². The minimum absolute atomic E-state index is 0.686. The molecule has 0 radical (unpaired) electrons. The molecule has 1 heterocycles. The summed E-state index contributed by atoms with van der Waals surface area (Å²) in [6, 6.07) is 86.0. The fourth-order valence-electron chi connectivity index (χ4n) is 7.93. The molecule has 1 aromatic heterocycles. The molecule has 10 rings (SSSR count). The monoisotopic (exact) mass is 764 g/mol. The topological polar surface area (TPSA) is 25.8 Å². The molecule has 0 fully saturated rings. The van der Waals surface area contributed by atoms with Crippen LogP contribution in [-0.2, 0) is 0 Å². The molecule has 2 heteroatoms. The highest BCUT2D eigenvalue weighted by atomic mass is 14.9. The summed E-state index contributed by atoms with van der Waals surface area (Å²) in [6.45, 7) is 0. The van der Waals surface area contributed by atoms with Crippen LogP contribution >= 0.6 is 0 Å². The number of benzene rings is 9. The van der Waals surface area contributed by atoms with Crippen LogP contribution in [0.2, 0.25) is 0 Å². The van der Waals surface area contributed by atoms with Gasteiger partial charge in [0.25, 0.3) is 0 Å². The number of rotatable bonds is 9. The Balaban J connectivity index is 1.02. The van der Waals surface area contributed by atoms with E-state index in [1.807, 2.05) is 6.07 Å². The minimum Gasteiger partial charge on any atom is -0.228 e. The third kappa shape index (κ3) is 7.83. The summed E-state index contributed by atoms with van der Waals surface area (Å²) >= 11 is 0. The SMILES string of the molecule is c1ccc(-c2cccc(-c3cccc(-c4ccc(-c5cc(-c6cccc(-c7cccc(-c8ccccc8)c7)c6)nc(-c6cccc(-c7ccccc7)c6)n5)cc4)c3)c2)cc1. The smallest absolute Gasteiger partial charge is 0.160 e. The van der Waals surface area contributed by atoms with Crippen molar-refractivity contribution in [2.24, 2.45) is 0 Å². The Morgan fingerprint density at radius 1 is 0.167 bits per heavy atom. The molecule has 10 aromatic rings. The zero-order valence-electron chi connectivity index (χ0n) is 33.0. The maximum absolute atomic E-state index is 5.25. The van der Waals surface area contributed by atoms with Crippen molar-refractivity contribution in [3.8, 4) is 101 Å². The van der Waals surface area contributed by atoms with Crippen molar-refractivity contribution in [1.82, 2.24) is 9.97 Å². The van der Waals surface area contributed by atoms with Crippen LogP contribution in [0.5, 0.6) is 0 Å². The zero-order chi connectivity index (χ0) is 40.1. The van der Waals surface area contributed by atoms with E-state index >= 15 is 0 Å². The number of hydrogen-bond acceptors (Lipinski definition) is 2. The Bertz CT molecular complexity index is 3060. The third-order valence-electron chi connectivity index (χ3n) is 11.1. The third-order valence-corrected chi connectivity index (χ3v) is 11.1. The van der Waals surface area contributed by atoms with E-state index < -0.39 is 0 Å². The van der Waals surface area contributed by atoms with Crippen LogP contribution in [0.4, 0.5) is 0 Å². The van der Waals surface area contributed by atoms with Crippen LogP contribution in [0.3, 0.4) is 0 Å². The van der Waals surface area contributed by atoms with E-state index in [4.69, 9.17) is 9.97 Å². The molecule has 0 atom stereocenters. The summed E-state index contributed by atoms with van der Waals surface area (Å²) < 4.78 is 0. The van der Waals surface area contributed by atoms with Crippen LogP contribution in [0.1, 0.15) is 0 Å². The number of nitrogens with zero attached hydrogens (tertiary/aromatic N) is 2. The fourth-order valence-corrected chi connectivity index (χ4v) is 7.93. The fraction of sp³-hybridized carbons (Fsp3) is 0. The second-order valence-corrected chi connectivity index (χ2v) is 15.0. The molecule has 0 aliphatic rings. The van der Waals surface area contributed by atoms with Crippen molar-refractivity contribution in [2.75, 3.05) is 0 Å². The molecule has 282 valence electrons. The van der Waals surface area contributed by atoms with Crippen LogP contribution in [0, 0.1) is 0 Å². The normalized spacial score (nSPS) is 11.0. The van der Waals surface area contributed by atoms with Crippen molar-refractivity contribution in [3.05, 3.63) is 243 Å². The van der Waals surface area contributed by atoms with Gasteiger partial charge in [0.05, 0.1) is 11.4 Å². The van der Waals surface area contributed by atoms with E-state index in [0.29, 0.717) is 5.82 Å². The second kappa shape index (κ2) is 16.5. The summed E-state index contributed by atoms with van der Waals surface area (Å²) in [5, 5.41) is 0. The average molecular weight is 765 g/mol. The molecule has 0 aliphatic carbocycles. The van der Waals surface area contributed by atoms with Gasteiger partial charge in [0.15, 0.2) is 5.82 Å². The number of hydrogen-bond donors (Lipinski definition) is 0. The van der Waals surface area contributed by atoms with Gasteiger partial charge in [-0.15, -0.1) is 0 Å². The van der Waals surface area contributed by atoms with Crippen LogP contribution < -0.4 is 0 Å². The molecule has 0 spiro atoms.